The van der Waals surface area contributed by atoms with Gasteiger partial charge in [0, 0.05) is 44.0 Å². The quantitative estimate of drug-likeness (QED) is 0.872. The number of benzene rings is 1. The number of nitrogens with zero attached hydrogens (tertiary/aromatic N) is 2. The molecule has 1 saturated heterocycles. The Labute approximate surface area is 139 Å². The van der Waals surface area contributed by atoms with E-state index < -0.39 is 0 Å². The molecular formula is C19H29N3O. The number of nitrogens with two attached hydrogens (primary N) is 1. The minimum absolute atomic E-state index is 0.361. The van der Waals surface area contributed by atoms with E-state index in [4.69, 9.17) is 5.73 Å². The van der Waals surface area contributed by atoms with Gasteiger partial charge in [-0.2, -0.15) is 0 Å². The van der Waals surface area contributed by atoms with Gasteiger partial charge in [0.05, 0.1) is 0 Å². The Kier molecular flexibility index (Phi) is 5.09. The zero-order chi connectivity index (χ0) is 16.2. The molecule has 0 aromatic heterocycles. The Morgan fingerprint density at radius 1 is 1.13 bits per heavy atom. The van der Waals surface area contributed by atoms with Crippen molar-refractivity contribution < 1.29 is 4.79 Å². The number of amides is 1. The summed E-state index contributed by atoms with van der Waals surface area (Å²) in [7, 11) is 0. The molecule has 0 unspecified atom stereocenters. The Morgan fingerprint density at radius 3 is 2.48 bits per heavy atom. The first kappa shape index (κ1) is 16.2. The average molecular weight is 315 g/mol. The lowest BCUT2D eigenvalue weighted by Crippen LogP contribution is -2.49. The molecule has 126 valence electrons. The van der Waals surface area contributed by atoms with E-state index in [0.29, 0.717) is 11.8 Å². The van der Waals surface area contributed by atoms with Crippen molar-refractivity contribution in [3.8, 4) is 0 Å². The fourth-order valence-electron chi connectivity index (χ4n) is 3.81. The van der Waals surface area contributed by atoms with Crippen molar-refractivity contribution in [1.29, 1.82) is 0 Å². The second-order valence-corrected chi connectivity index (χ2v) is 7.12. The summed E-state index contributed by atoms with van der Waals surface area (Å²) in [6.07, 6.45) is 7.21. The van der Waals surface area contributed by atoms with Crippen molar-refractivity contribution in [3.63, 3.8) is 0 Å². The molecule has 1 heterocycles. The van der Waals surface area contributed by atoms with Gasteiger partial charge in [0.1, 0.15) is 0 Å². The highest BCUT2D eigenvalue weighted by atomic mass is 16.2. The molecular weight excluding hydrogens is 286 g/mol. The Morgan fingerprint density at radius 2 is 1.83 bits per heavy atom. The van der Waals surface area contributed by atoms with Crippen LogP contribution < -0.4 is 10.6 Å². The summed E-state index contributed by atoms with van der Waals surface area (Å²) in [6, 6.07) is 6.26. The standard InChI is InChI=1S/C19H29N3O/c1-15-7-8-17(14-18(15)20)21-9-11-22(12-10-21)19(23)13-16-5-3-2-4-6-16/h7-8,14,16H,2-6,9-13,20H2,1H3. The SMILES string of the molecule is Cc1ccc(N2CCN(C(=O)CC3CCCCC3)CC2)cc1N. The van der Waals surface area contributed by atoms with Crippen LogP contribution in [0.3, 0.4) is 0 Å². The zero-order valence-corrected chi connectivity index (χ0v) is 14.3. The first-order chi connectivity index (χ1) is 11.1. The van der Waals surface area contributed by atoms with Crippen LogP contribution in [0, 0.1) is 12.8 Å². The van der Waals surface area contributed by atoms with Crippen molar-refractivity contribution in [2.24, 2.45) is 5.92 Å². The molecule has 1 aromatic carbocycles. The number of aryl methyl sites for hydroxylation is 1. The lowest BCUT2D eigenvalue weighted by molar-refractivity contribution is -0.132. The summed E-state index contributed by atoms with van der Waals surface area (Å²) in [5.41, 5.74) is 9.16. The average Bonchev–Trinajstić information content (AvgIpc) is 2.58. The van der Waals surface area contributed by atoms with Crippen LogP contribution in [0.2, 0.25) is 0 Å². The van der Waals surface area contributed by atoms with E-state index in [0.717, 1.165) is 43.9 Å². The van der Waals surface area contributed by atoms with Gasteiger partial charge in [-0.3, -0.25) is 4.79 Å². The highest BCUT2D eigenvalue weighted by molar-refractivity contribution is 5.77. The molecule has 2 aliphatic rings. The molecule has 2 N–H and O–H groups in total. The molecule has 0 spiro atoms. The molecule has 1 amide bonds. The maximum atomic E-state index is 12.5. The van der Waals surface area contributed by atoms with Crippen LogP contribution >= 0.6 is 0 Å². The lowest BCUT2D eigenvalue weighted by Gasteiger charge is -2.37. The van der Waals surface area contributed by atoms with Crippen LogP contribution in [0.25, 0.3) is 0 Å². The third-order valence-corrected chi connectivity index (χ3v) is 5.45. The summed E-state index contributed by atoms with van der Waals surface area (Å²) in [5, 5.41) is 0. The molecule has 4 nitrogen and oxygen atoms in total. The third kappa shape index (κ3) is 3.98. The number of rotatable bonds is 3. The fourth-order valence-corrected chi connectivity index (χ4v) is 3.81. The summed E-state index contributed by atoms with van der Waals surface area (Å²) >= 11 is 0. The fraction of sp³-hybridized carbons (Fsp3) is 0.632. The lowest BCUT2D eigenvalue weighted by atomic mass is 9.86. The van der Waals surface area contributed by atoms with Gasteiger partial charge in [0.15, 0.2) is 0 Å². The molecule has 23 heavy (non-hydrogen) atoms. The Balaban J connectivity index is 1.51. The number of anilines is 2. The summed E-state index contributed by atoms with van der Waals surface area (Å²) in [4.78, 5) is 16.9. The zero-order valence-electron chi connectivity index (χ0n) is 14.3. The number of piperazine rings is 1. The van der Waals surface area contributed by atoms with Crippen molar-refractivity contribution in [2.45, 2.75) is 45.4 Å². The number of carbonyl (C=O) groups is 1. The second-order valence-electron chi connectivity index (χ2n) is 7.12. The van der Waals surface area contributed by atoms with E-state index in [2.05, 4.69) is 28.0 Å². The normalized spacial score (nSPS) is 19.9. The van der Waals surface area contributed by atoms with E-state index >= 15 is 0 Å². The van der Waals surface area contributed by atoms with E-state index in [1.807, 2.05) is 6.92 Å². The first-order valence-electron chi connectivity index (χ1n) is 9.02. The van der Waals surface area contributed by atoms with E-state index in [-0.39, 0.29) is 0 Å². The van der Waals surface area contributed by atoms with Gasteiger partial charge in [-0.15, -0.1) is 0 Å². The molecule has 4 heteroatoms. The molecule has 1 saturated carbocycles. The predicted octanol–water partition coefficient (Wildman–Crippen LogP) is 3.20. The summed E-state index contributed by atoms with van der Waals surface area (Å²) in [5.74, 6) is 0.992. The van der Waals surface area contributed by atoms with Crippen molar-refractivity contribution in [3.05, 3.63) is 23.8 Å². The molecule has 1 aliphatic carbocycles. The maximum absolute atomic E-state index is 12.5. The van der Waals surface area contributed by atoms with Crippen LogP contribution in [0.1, 0.15) is 44.1 Å². The molecule has 3 rings (SSSR count). The van der Waals surface area contributed by atoms with E-state index in [1.165, 1.54) is 37.8 Å². The molecule has 0 bridgehead atoms. The van der Waals surface area contributed by atoms with Crippen molar-refractivity contribution in [1.82, 2.24) is 4.90 Å². The predicted molar refractivity (Wildman–Crippen MR) is 95.6 cm³/mol. The number of hydrogen-bond acceptors (Lipinski definition) is 3. The van der Waals surface area contributed by atoms with Gasteiger partial charge >= 0.3 is 0 Å². The summed E-state index contributed by atoms with van der Waals surface area (Å²) in [6.45, 7) is 5.50. The molecule has 2 fully saturated rings. The van der Waals surface area contributed by atoms with Gasteiger partial charge in [0.25, 0.3) is 0 Å². The minimum Gasteiger partial charge on any atom is -0.398 e. The second kappa shape index (κ2) is 7.24. The van der Waals surface area contributed by atoms with Crippen LogP contribution in [0.15, 0.2) is 18.2 Å². The Bertz CT molecular complexity index is 544. The van der Waals surface area contributed by atoms with Crippen LogP contribution in [-0.2, 0) is 4.79 Å². The van der Waals surface area contributed by atoms with Gasteiger partial charge in [0.2, 0.25) is 5.91 Å². The molecule has 1 aromatic rings. The smallest absolute Gasteiger partial charge is 0.222 e. The molecule has 0 atom stereocenters. The highest BCUT2D eigenvalue weighted by Crippen LogP contribution is 2.27. The van der Waals surface area contributed by atoms with Crippen LogP contribution in [0.5, 0.6) is 0 Å². The van der Waals surface area contributed by atoms with Gasteiger partial charge in [-0.05, 0) is 43.4 Å². The topological polar surface area (TPSA) is 49.6 Å². The Hall–Kier alpha value is -1.71. The van der Waals surface area contributed by atoms with Crippen LogP contribution in [0.4, 0.5) is 11.4 Å². The minimum atomic E-state index is 0.361. The van der Waals surface area contributed by atoms with Gasteiger partial charge in [-0.25, -0.2) is 0 Å². The van der Waals surface area contributed by atoms with Gasteiger partial charge < -0.3 is 15.5 Å². The first-order valence-corrected chi connectivity index (χ1v) is 9.02. The maximum Gasteiger partial charge on any atom is 0.222 e. The molecule has 0 radical (unpaired) electrons. The van der Waals surface area contributed by atoms with E-state index in [9.17, 15) is 4.79 Å². The molecule has 1 aliphatic heterocycles. The van der Waals surface area contributed by atoms with Crippen LogP contribution in [-0.4, -0.2) is 37.0 Å². The monoisotopic (exact) mass is 315 g/mol. The summed E-state index contributed by atoms with van der Waals surface area (Å²) < 4.78 is 0. The van der Waals surface area contributed by atoms with Gasteiger partial charge in [-0.1, -0.05) is 25.3 Å². The highest BCUT2D eigenvalue weighted by Gasteiger charge is 2.24. The number of hydrogen-bond donors (Lipinski definition) is 1. The van der Waals surface area contributed by atoms with Crippen molar-refractivity contribution >= 4 is 17.3 Å². The number of carbonyl (C=O) groups excluding carboxylic acids is 1. The number of nitrogen functional groups attached to an aromatic ring is 1. The van der Waals surface area contributed by atoms with E-state index in [1.54, 1.807) is 0 Å². The largest absolute Gasteiger partial charge is 0.398 e. The third-order valence-electron chi connectivity index (χ3n) is 5.45. The van der Waals surface area contributed by atoms with Crippen molar-refractivity contribution in [2.75, 3.05) is 36.8 Å².